The Bertz CT molecular complexity index is 515. The minimum absolute atomic E-state index is 0.167. The first-order chi connectivity index (χ1) is 9.93. The van der Waals surface area contributed by atoms with Crippen LogP contribution in [0.1, 0.15) is 43.7 Å². The van der Waals surface area contributed by atoms with Gasteiger partial charge in [-0.2, -0.15) is 0 Å². The number of carboxylic acids is 1. The maximum Gasteiger partial charge on any atom is 0.329 e. The van der Waals surface area contributed by atoms with Gasteiger partial charge in [0.1, 0.15) is 5.54 Å². The van der Waals surface area contributed by atoms with Crippen molar-refractivity contribution in [3.05, 3.63) is 35.4 Å². The van der Waals surface area contributed by atoms with Gasteiger partial charge in [-0.1, -0.05) is 49.6 Å². The van der Waals surface area contributed by atoms with E-state index < -0.39 is 11.5 Å². The molecule has 4 heteroatoms. The molecule has 4 nitrogen and oxygen atoms in total. The van der Waals surface area contributed by atoms with Gasteiger partial charge in [0.15, 0.2) is 0 Å². The van der Waals surface area contributed by atoms with Crippen molar-refractivity contribution in [1.29, 1.82) is 0 Å². The first kappa shape index (κ1) is 15.5. The Balaban J connectivity index is 1.99. The second-order valence-corrected chi connectivity index (χ2v) is 6.17. The summed E-state index contributed by atoms with van der Waals surface area (Å²) in [6, 6.07) is 8.08. The summed E-state index contributed by atoms with van der Waals surface area (Å²) in [5, 5.41) is 12.2. The molecule has 1 aromatic carbocycles. The van der Waals surface area contributed by atoms with Crippen molar-refractivity contribution in [2.45, 2.75) is 51.5 Å². The summed E-state index contributed by atoms with van der Waals surface area (Å²) in [6.07, 6.45) is 3.41. The van der Waals surface area contributed by atoms with Crippen LogP contribution in [0, 0.1) is 12.8 Å². The molecular weight excluding hydrogens is 266 g/mol. The molecule has 0 saturated heterocycles. The Morgan fingerprint density at radius 2 is 1.81 bits per heavy atom. The van der Waals surface area contributed by atoms with E-state index in [0.717, 1.165) is 18.4 Å². The van der Waals surface area contributed by atoms with E-state index in [2.05, 4.69) is 5.32 Å². The average molecular weight is 289 g/mol. The third kappa shape index (κ3) is 3.63. The van der Waals surface area contributed by atoms with Gasteiger partial charge in [0, 0.05) is 5.92 Å². The maximum absolute atomic E-state index is 12.3. The number of aliphatic carboxylic acids is 1. The lowest BCUT2D eigenvalue weighted by Crippen LogP contribution is -2.54. The first-order valence-electron chi connectivity index (χ1n) is 7.54. The van der Waals surface area contributed by atoms with Crippen molar-refractivity contribution in [1.82, 2.24) is 5.32 Å². The number of benzene rings is 1. The summed E-state index contributed by atoms with van der Waals surface area (Å²) in [7, 11) is 0. The van der Waals surface area contributed by atoms with E-state index in [4.69, 9.17) is 0 Å². The van der Waals surface area contributed by atoms with Gasteiger partial charge in [-0.15, -0.1) is 0 Å². The lowest BCUT2D eigenvalue weighted by Gasteiger charge is -2.27. The van der Waals surface area contributed by atoms with Crippen LogP contribution in [-0.4, -0.2) is 22.5 Å². The third-order valence-electron chi connectivity index (χ3n) is 4.34. The molecule has 1 aliphatic rings. The molecule has 1 fully saturated rings. The summed E-state index contributed by atoms with van der Waals surface area (Å²) in [5.74, 6) is -1.31. The number of nitrogens with one attached hydrogen (secondary N) is 1. The van der Waals surface area contributed by atoms with E-state index >= 15 is 0 Å². The number of amides is 1. The molecule has 114 valence electrons. The van der Waals surface area contributed by atoms with Crippen molar-refractivity contribution in [3.8, 4) is 0 Å². The molecule has 1 amide bonds. The molecule has 0 aromatic heterocycles. The highest BCUT2D eigenvalue weighted by atomic mass is 16.4. The van der Waals surface area contributed by atoms with E-state index in [9.17, 15) is 14.7 Å². The van der Waals surface area contributed by atoms with Crippen molar-refractivity contribution in [3.63, 3.8) is 0 Å². The quantitative estimate of drug-likeness (QED) is 0.876. The first-order valence-corrected chi connectivity index (χ1v) is 7.54. The van der Waals surface area contributed by atoms with E-state index in [1.165, 1.54) is 5.56 Å². The number of hydrogen-bond donors (Lipinski definition) is 2. The lowest BCUT2D eigenvalue weighted by atomic mass is 9.94. The number of hydrogen-bond acceptors (Lipinski definition) is 2. The fourth-order valence-corrected chi connectivity index (χ4v) is 2.90. The van der Waals surface area contributed by atoms with Crippen LogP contribution >= 0.6 is 0 Å². The zero-order valence-electron chi connectivity index (χ0n) is 12.7. The lowest BCUT2D eigenvalue weighted by molar-refractivity contribution is -0.148. The van der Waals surface area contributed by atoms with E-state index in [0.29, 0.717) is 19.3 Å². The van der Waals surface area contributed by atoms with Crippen LogP contribution in [-0.2, 0) is 16.0 Å². The molecule has 1 saturated carbocycles. The number of carbonyl (C=O) groups excluding carboxylic acids is 1. The summed E-state index contributed by atoms with van der Waals surface area (Å²) in [4.78, 5) is 23.8. The van der Waals surface area contributed by atoms with Gasteiger partial charge < -0.3 is 10.4 Å². The molecule has 1 aliphatic carbocycles. The largest absolute Gasteiger partial charge is 0.480 e. The van der Waals surface area contributed by atoms with Crippen LogP contribution in [0.15, 0.2) is 24.3 Å². The summed E-state index contributed by atoms with van der Waals surface area (Å²) in [6.45, 7) is 3.87. The average Bonchev–Trinajstić information content (AvgIpc) is 2.91. The summed E-state index contributed by atoms with van der Waals surface area (Å²) >= 11 is 0. The normalized spacial score (nSPS) is 18.2. The monoisotopic (exact) mass is 289 g/mol. The van der Waals surface area contributed by atoms with Crippen molar-refractivity contribution in [2.24, 2.45) is 5.92 Å². The summed E-state index contributed by atoms with van der Waals surface area (Å²) in [5.41, 5.74) is 1.24. The van der Waals surface area contributed by atoms with Crippen molar-refractivity contribution in [2.75, 3.05) is 0 Å². The zero-order chi connectivity index (χ0) is 15.5. The molecule has 1 aromatic rings. The van der Waals surface area contributed by atoms with Gasteiger partial charge in [-0.05, 0) is 31.7 Å². The van der Waals surface area contributed by atoms with Crippen molar-refractivity contribution >= 4 is 11.9 Å². The molecule has 0 spiro atoms. The van der Waals surface area contributed by atoms with Gasteiger partial charge in [-0.3, -0.25) is 4.79 Å². The highest BCUT2D eigenvalue weighted by molar-refractivity contribution is 5.88. The van der Waals surface area contributed by atoms with Crippen LogP contribution in [0.25, 0.3) is 0 Å². The van der Waals surface area contributed by atoms with E-state index in [1.807, 2.05) is 38.1 Å². The van der Waals surface area contributed by atoms with Crippen LogP contribution in [0.2, 0.25) is 0 Å². The predicted octanol–water partition coefficient (Wildman–Crippen LogP) is 2.69. The smallest absolute Gasteiger partial charge is 0.329 e. The molecule has 1 unspecified atom stereocenters. The molecule has 0 aliphatic heterocycles. The van der Waals surface area contributed by atoms with Crippen LogP contribution in [0.5, 0.6) is 0 Å². The second kappa shape index (κ2) is 6.29. The second-order valence-electron chi connectivity index (χ2n) is 6.17. The SMILES string of the molecule is Cc1ccc(CC(C)C(=O)NC2(C(=O)O)CCCC2)cc1. The van der Waals surface area contributed by atoms with Gasteiger partial charge >= 0.3 is 5.97 Å². The molecular formula is C17H23NO3. The highest BCUT2D eigenvalue weighted by Crippen LogP contribution is 2.30. The highest BCUT2D eigenvalue weighted by Gasteiger charge is 2.43. The number of rotatable bonds is 5. The Morgan fingerprint density at radius 3 is 2.33 bits per heavy atom. The molecule has 0 bridgehead atoms. The fourth-order valence-electron chi connectivity index (χ4n) is 2.90. The molecule has 0 heterocycles. The predicted molar refractivity (Wildman–Crippen MR) is 81.0 cm³/mol. The Hall–Kier alpha value is -1.84. The van der Waals surface area contributed by atoms with Crippen LogP contribution in [0.3, 0.4) is 0 Å². The molecule has 2 N–H and O–H groups in total. The molecule has 21 heavy (non-hydrogen) atoms. The molecule has 1 atom stereocenters. The van der Waals surface area contributed by atoms with Gasteiger partial charge in [0.25, 0.3) is 0 Å². The van der Waals surface area contributed by atoms with Gasteiger partial charge in [0.2, 0.25) is 5.91 Å². The number of aryl methyl sites for hydroxylation is 1. The third-order valence-corrected chi connectivity index (χ3v) is 4.34. The van der Waals surface area contributed by atoms with Crippen molar-refractivity contribution < 1.29 is 14.7 Å². The van der Waals surface area contributed by atoms with E-state index in [-0.39, 0.29) is 11.8 Å². The molecule has 2 rings (SSSR count). The summed E-state index contributed by atoms with van der Waals surface area (Å²) < 4.78 is 0. The minimum Gasteiger partial charge on any atom is -0.480 e. The molecule has 0 radical (unpaired) electrons. The Morgan fingerprint density at radius 1 is 1.24 bits per heavy atom. The fraction of sp³-hybridized carbons (Fsp3) is 0.529. The number of carbonyl (C=O) groups is 2. The van der Waals surface area contributed by atoms with Gasteiger partial charge in [-0.25, -0.2) is 4.79 Å². The van der Waals surface area contributed by atoms with Gasteiger partial charge in [0.05, 0.1) is 0 Å². The van der Waals surface area contributed by atoms with Crippen LogP contribution < -0.4 is 5.32 Å². The zero-order valence-corrected chi connectivity index (χ0v) is 12.7. The van der Waals surface area contributed by atoms with E-state index in [1.54, 1.807) is 0 Å². The topological polar surface area (TPSA) is 66.4 Å². The minimum atomic E-state index is -1.04. The Kier molecular flexibility index (Phi) is 4.66. The van der Waals surface area contributed by atoms with Crippen LogP contribution in [0.4, 0.5) is 0 Å². The standard InChI is InChI=1S/C17H23NO3/c1-12-5-7-14(8-6-12)11-13(2)15(19)18-17(16(20)21)9-3-4-10-17/h5-8,13H,3-4,9-11H2,1-2H3,(H,18,19)(H,20,21). The maximum atomic E-state index is 12.3. The number of carboxylic acid groups (broad SMARTS) is 1. The Labute approximate surface area is 125 Å².